The zero-order valence-corrected chi connectivity index (χ0v) is 15.8. The monoisotopic (exact) mass is 401 g/mol. The van der Waals surface area contributed by atoms with Gasteiger partial charge in [0.05, 0.1) is 23.2 Å². The maximum Gasteiger partial charge on any atom is 0.331 e. The average Bonchev–Trinajstić information content (AvgIpc) is 3.24. The van der Waals surface area contributed by atoms with Crippen molar-refractivity contribution in [3.05, 3.63) is 22.5 Å². The van der Waals surface area contributed by atoms with Crippen LogP contribution in [-0.4, -0.2) is 54.2 Å². The van der Waals surface area contributed by atoms with Crippen molar-refractivity contribution in [2.75, 3.05) is 18.1 Å². The Balaban J connectivity index is 1.61. The SMILES string of the molecule is Cc1nn([C@@H]2CCS(=O)(=O)C2)c(Cl)c1/C=C/C(=O)OCC(=O)NC1CC1. The second kappa shape index (κ2) is 7.40. The van der Waals surface area contributed by atoms with Crippen LogP contribution >= 0.6 is 11.6 Å². The molecule has 26 heavy (non-hydrogen) atoms. The minimum absolute atomic E-state index is 0.00907. The van der Waals surface area contributed by atoms with E-state index in [1.165, 1.54) is 16.8 Å². The van der Waals surface area contributed by atoms with Crippen LogP contribution in [-0.2, 0) is 24.2 Å². The third-order valence-corrected chi connectivity index (χ3v) is 6.43. The Bertz CT molecular complexity index is 857. The van der Waals surface area contributed by atoms with Gasteiger partial charge in [0, 0.05) is 17.7 Å². The van der Waals surface area contributed by atoms with Crippen LogP contribution in [0, 0.1) is 6.92 Å². The molecule has 0 spiro atoms. The third kappa shape index (κ3) is 4.64. The molecule has 1 aromatic rings. The molecule has 1 aromatic heterocycles. The summed E-state index contributed by atoms with van der Waals surface area (Å²) in [6.07, 6.45) is 5.03. The van der Waals surface area contributed by atoms with Gasteiger partial charge in [0.1, 0.15) is 5.15 Å². The van der Waals surface area contributed by atoms with E-state index < -0.39 is 15.8 Å². The fraction of sp³-hybridized carbons (Fsp3) is 0.562. The number of aromatic nitrogens is 2. The Hall–Kier alpha value is -1.87. The summed E-state index contributed by atoms with van der Waals surface area (Å²) in [6.45, 7) is 1.39. The van der Waals surface area contributed by atoms with Gasteiger partial charge >= 0.3 is 5.97 Å². The summed E-state index contributed by atoms with van der Waals surface area (Å²) < 4.78 is 29.7. The van der Waals surface area contributed by atoms with E-state index in [0.29, 0.717) is 17.7 Å². The number of hydrogen-bond donors (Lipinski definition) is 1. The number of nitrogens with one attached hydrogen (secondary N) is 1. The number of halogens is 1. The van der Waals surface area contributed by atoms with Crippen LogP contribution < -0.4 is 5.32 Å². The van der Waals surface area contributed by atoms with Crippen molar-refractivity contribution in [3.63, 3.8) is 0 Å². The lowest BCUT2D eigenvalue weighted by Gasteiger charge is -2.09. The fourth-order valence-corrected chi connectivity index (χ4v) is 4.83. The molecule has 1 saturated carbocycles. The summed E-state index contributed by atoms with van der Waals surface area (Å²) in [7, 11) is -3.06. The lowest BCUT2D eigenvalue weighted by molar-refractivity contribution is -0.143. The molecule has 0 radical (unpaired) electrons. The number of nitrogens with zero attached hydrogens (tertiary/aromatic N) is 2. The molecule has 1 aliphatic heterocycles. The average molecular weight is 402 g/mol. The predicted molar refractivity (Wildman–Crippen MR) is 95.4 cm³/mol. The number of carbonyl (C=O) groups is 2. The van der Waals surface area contributed by atoms with Crippen molar-refractivity contribution in [2.24, 2.45) is 0 Å². The van der Waals surface area contributed by atoms with Crippen LogP contribution in [0.4, 0.5) is 0 Å². The Labute approximate surface area is 156 Å². The molecule has 1 atom stereocenters. The lowest BCUT2D eigenvalue weighted by atomic mass is 10.2. The summed E-state index contributed by atoms with van der Waals surface area (Å²) in [5.41, 5.74) is 1.10. The highest BCUT2D eigenvalue weighted by Gasteiger charge is 2.31. The smallest absolute Gasteiger partial charge is 0.331 e. The maximum atomic E-state index is 11.8. The molecule has 8 nitrogen and oxygen atoms in total. The Morgan fingerprint density at radius 1 is 1.38 bits per heavy atom. The fourth-order valence-electron chi connectivity index (χ4n) is 2.76. The first-order valence-electron chi connectivity index (χ1n) is 8.34. The molecule has 2 fully saturated rings. The van der Waals surface area contributed by atoms with Crippen molar-refractivity contribution in [1.82, 2.24) is 15.1 Å². The van der Waals surface area contributed by atoms with E-state index in [-0.39, 0.29) is 41.3 Å². The van der Waals surface area contributed by atoms with Gasteiger partial charge in [0.15, 0.2) is 16.4 Å². The second-order valence-electron chi connectivity index (χ2n) is 6.57. The van der Waals surface area contributed by atoms with Gasteiger partial charge < -0.3 is 10.1 Å². The number of sulfone groups is 1. The molecular weight excluding hydrogens is 382 g/mol. The molecule has 142 valence electrons. The second-order valence-corrected chi connectivity index (χ2v) is 9.16. The summed E-state index contributed by atoms with van der Waals surface area (Å²) >= 11 is 6.32. The molecule has 2 aliphatic rings. The molecule has 0 aromatic carbocycles. The van der Waals surface area contributed by atoms with Gasteiger partial charge in [-0.1, -0.05) is 11.6 Å². The summed E-state index contributed by atoms with van der Waals surface area (Å²) in [5, 5.41) is 7.30. The van der Waals surface area contributed by atoms with Crippen molar-refractivity contribution < 1.29 is 22.7 Å². The molecule has 10 heteroatoms. The van der Waals surface area contributed by atoms with Crippen LogP contribution in [0.1, 0.15) is 36.6 Å². The molecule has 2 heterocycles. The number of ether oxygens (including phenoxy) is 1. The predicted octanol–water partition coefficient (Wildman–Crippen LogP) is 1.04. The van der Waals surface area contributed by atoms with Crippen molar-refractivity contribution >= 4 is 39.4 Å². The minimum atomic E-state index is -3.06. The highest BCUT2D eigenvalue weighted by Crippen LogP contribution is 2.30. The Morgan fingerprint density at radius 3 is 2.73 bits per heavy atom. The summed E-state index contributed by atoms with van der Waals surface area (Å²) in [5.74, 6) is -0.857. The molecule has 1 saturated heterocycles. The molecule has 0 bridgehead atoms. The number of hydrogen-bond acceptors (Lipinski definition) is 6. The van der Waals surface area contributed by atoms with Gasteiger partial charge in [-0.25, -0.2) is 17.9 Å². The molecule has 0 unspecified atom stereocenters. The lowest BCUT2D eigenvalue weighted by Crippen LogP contribution is -2.30. The topological polar surface area (TPSA) is 107 Å². The van der Waals surface area contributed by atoms with Crippen LogP contribution in [0.2, 0.25) is 5.15 Å². The summed E-state index contributed by atoms with van der Waals surface area (Å²) in [6, 6.07) is -0.0881. The van der Waals surface area contributed by atoms with Gasteiger partial charge in [0.2, 0.25) is 0 Å². The van der Waals surface area contributed by atoms with Crippen molar-refractivity contribution in [3.8, 4) is 0 Å². The van der Waals surface area contributed by atoms with Crippen LogP contribution in [0.25, 0.3) is 6.08 Å². The largest absolute Gasteiger partial charge is 0.452 e. The Kier molecular flexibility index (Phi) is 5.38. The standard InChI is InChI=1S/C16H20ClN3O5S/c1-10-13(4-5-15(22)25-8-14(21)18-11-2-3-11)16(17)20(19-10)12-6-7-26(23,24)9-12/h4-5,11-12H,2-3,6-9H2,1H3,(H,18,21)/b5-4+/t12-/m1/s1. The highest BCUT2D eigenvalue weighted by molar-refractivity contribution is 7.91. The van der Waals surface area contributed by atoms with Gasteiger partial charge in [0.25, 0.3) is 5.91 Å². The first-order chi connectivity index (χ1) is 12.2. The third-order valence-electron chi connectivity index (χ3n) is 4.30. The van der Waals surface area contributed by atoms with Crippen LogP contribution in [0.3, 0.4) is 0 Å². The maximum absolute atomic E-state index is 11.8. The quantitative estimate of drug-likeness (QED) is 0.563. The van der Waals surface area contributed by atoms with E-state index in [1.54, 1.807) is 6.92 Å². The number of rotatable bonds is 6. The zero-order valence-electron chi connectivity index (χ0n) is 14.3. The van der Waals surface area contributed by atoms with Gasteiger partial charge in [-0.15, -0.1) is 0 Å². The van der Waals surface area contributed by atoms with Crippen LogP contribution in [0.15, 0.2) is 6.08 Å². The van der Waals surface area contributed by atoms with Crippen LogP contribution in [0.5, 0.6) is 0 Å². The van der Waals surface area contributed by atoms with E-state index in [9.17, 15) is 18.0 Å². The molecule has 1 N–H and O–H groups in total. The van der Waals surface area contributed by atoms with Crippen molar-refractivity contribution in [2.45, 2.75) is 38.3 Å². The molecule has 1 amide bonds. The molecule has 1 aliphatic carbocycles. The number of esters is 1. The molecule has 3 rings (SSSR count). The molecular formula is C16H20ClN3O5S. The van der Waals surface area contributed by atoms with E-state index in [4.69, 9.17) is 16.3 Å². The normalized spacial score (nSPS) is 21.8. The van der Waals surface area contributed by atoms with Gasteiger partial charge in [-0.3, -0.25) is 4.79 Å². The number of carbonyl (C=O) groups excluding carboxylic acids is 2. The summed E-state index contributed by atoms with van der Waals surface area (Å²) in [4.78, 5) is 23.2. The van der Waals surface area contributed by atoms with E-state index >= 15 is 0 Å². The van der Waals surface area contributed by atoms with Gasteiger partial charge in [-0.05, 0) is 32.3 Å². The van der Waals surface area contributed by atoms with E-state index in [0.717, 1.165) is 12.8 Å². The van der Waals surface area contributed by atoms with Crippen molar-refractivity contribution in [1.29, 1.82) is 0 Å². The number of aryl methyl sites for hydroxylation is 1. The first-order valence-corrected chi connectivity index (χ1v) is 10.5. The minimum Gasteiger partial charge on any atom is -0.452 e. The van der Waals surface area contributed by atoms with E-state index in [2.05, 4.69) is 10.4 Å². The van der Waals surface area contributed by atoms with Gasteiger partial charge in [-0.2, -0.15) is 5.10 Å². The van der Waals surface area contributed by atoms with E-state index in [1.807, 2.05) is 0 Å². The Morgan fingerprint density at radius 2 is 2.12 bits per heavy atom. The first kappa shape index (κ1) is 18.9. The highest BCUT2D eigenvalue weighted by atomic mass is 35.5. The number of amides is 1. The zero-order chi connectivity index (χ0) is 18.9.